The van der Waals surface area contributed by atoms with Gasteiger partial charge in [0.15, 0.2) is 0 Å². The maximum absolute atomic E-state index is 11.0. The number of rotatable bonds is 13. The Kier molecular flexibility index (Phi) is 10.0. The van der Waals surface area contributed by atoms with Crippen LogP contribution < -0.4 is 4.18 Å². The smallest absolute Gasteiger partial charge is 0.306 e. The Morgan fingerprint density at radius 2 is 1.26 bits per heavy atom. The van der Waals surface area contributed by atoms with E-state index in [1.165, 1.54) is 69.8 Å². The summed E-state index contributed by atoms with van der Waals surface area (Å²) in [5.74, 6) is 0.388. The Hall–Kier alpha value is -1.03. The first kappa shape index (κ1) is 20.0. The minimum absolute atomic E-state index is 0.388. The number of aryl methyl sites for hydroxylation is 1. The van der Waals surface area contributed by atoms with E-state index in [0.29, 0.717) is 5.75 Å². The summed E-state index contributed by atoms with van der Waals surface area (Å²) in [6.45, 7) is 2.26. The quantitative estimate of drug-likeness (QED) is 0.352. The van der Waals surface area contributed by atoms with Crippen molar-refractivity contribution in [3.05, 3.63) is 29.8 Å². The highest BCUT2D eigenvalue weighted by Gasteiger charge is 2.03. The van der Waals surface area contributed by atoms with Gasteiger partial charge in [0, 0.05) is 0 Å². The SMILES string of the molecule is CCCCCCCCCCCCc1ccc(OS(C)(=O)=O)cc1. The molecular weight excluding hydrogens is 308 g/mol. The molecule has 0 fully saturated rings. The van der Waals surface area contributed by atoms with E-state index in [2.05, 4.69) is 6.92 Å². The first-order valence-electron chi connectivity index (χ1n) is 8.99. The van der Waals surface area contributed by atoms with Gasteiger partial charge >= 0.3 is 10.1 Å². The Morgan fingerprint density at radius 1 is 0.783 bits per heavy atom. The number of hydrogen-bond acceptors (Lipinski definition) is 3. The third-order valence-corrected chi connectivity index (χ3v) is 4.49. The second-order valence-electron chi connectivity index (χ2n) is 6.36. The molecule has 0 radical (unpaired) electrons. The summed E-state index contributed by atoms with van der Waals surface area (Å²) in [5.41, 5.74) is 1.24. The van der Waals surface area contributed by atoms with Crippen LogP contribution >= 0.6 is 0 Å². The average Bonchev–Trinajstić information content (AvgIpc) is 2.49. The van der Waals surface area contributed by atoms with E-state index in [1.54, 1.807) is 12.1 Å². The van der Waals surface area contributed by atoms with E-state index in [9.17, 15) is 8.42 Å². The molecule has 4 heteroatoms. The zero-order valence-corrected chi connectivity index (χ0v) is 15.5. The lowest BCUT2D eigenvalue weighted by Gasteiger charge is -2.05. The van der Waals surface area contributed by atoms with E-state index in [4.69, 9.17) is 4.18 Å². The van der Waals surface area contributed by atoms with Crippen LogP contribution in [0.3, 0.4) is 0 Å². The van der Waals surface area contributed by atoms with Crippen LogP contribution in [0.2, 0.25) is 0 Å². The van der Waals surface area contributed by atoms with Crippen LogP contribution in [0.15, 0.2) is 24.3 Å². The van der Waals surface area contributed by atoms with Gasteiger partial charge < -0.3 is 4.18 Å². The normalized spacial score (nSPS) is 11.6. The standard InChI is InChI=1S/C19H32O3S/c1-3-4-5-6-7-8-9-10-11-12-13-18-14-16-19(17-15-18)22-23(2,20)21/h14-17H,3-13H2,1-2H3. The van der Waals surface area contributed by atoms with Crippen LogP contribution in [0.25, 0.3) is 0 Å². The predicted molar refractivity (Wildman–Crippen MR) is 97.5 cm³/mol. The predicted octanol–water partition coefficient (Wildman–Crippen LogP) is 5.49. The molecule has 0 saturated heterocycles. The van der Waals surface area contributed by atoms with Crippen molar-refractivity contribution in [1.82, 2.24) is 0 Å². The van der Waals surface area contributed by atoms with Crippen LogP contribution in [0.1, 0.15) is 76.7 Å². The first-order chi connectivity index (χ1) is 11.0. The minimum atomic E-state index is -3.43. The van der Waals surface area contributed by atoms with Gasteiger partial charge in [0.25, 0.3) is 0 Å². The van der Waals surface area contributed by atoms with Gasteiger partial charge in [0.1, 0.15) is 5.75 Å². The first-order valence-corrected chi connectivity index (χ1v) is 10.8. The van der Waals surface area contributed by atoms with Crippen molar-refractivity contribution in [2.75, 3.05) is 6.26 Å². The highest BCUT2D eigenvalue weighted by Crippen LogP contribution is 2.16. The number of hydrogen-bond donors (Lipinski definition) is 0. The maximum atomic E-state index is 11.0. The second kappa shape index (κ2) is 11.5. The van der Waals surface area contributed by atoms with Crippen LogP contribution in [0.4, 0.5) is 0 Å². The lowest BCUT2D eigenvalue weighted by Crippen LogP contribution is -2.05. The number of benzene rings is 1. The van der Waals surface area contributed by atoms with Crippen LogP contribution in [0.5, 0.6) is 5.75 Å². The van der Waals surface area contributed by atoms with E-state index < -0.39 is 10.1 Å². The van der Waals surface area contributed by atoms with Crippen molar-refractivity contribution in [2.45, 2.75) is 77.6 Å². The van der Waals surface area contributed by atoms with E-state index in [1.807, 2.05) is 12.1 Å². The fourth-order valence-corrected chi connectivity index (χ4v) is 3.16. The molecule has 0 unspecified atom stereocenters. The molecule has 0 spiro atoms. The summed E-state index contributed by atoms with van der Waals surface area (Å²) in [5, 5.41) is 0. The number of unbranched alkanes of at least 4 members (excludes halogenated alkanes) is 9. The summed E-state index contributed by atoms with van der Waals surface area (Å²) in [6, 6.07) is 7.36. The van der Waals surface area contributed by atoms with E-state index in [-0.39, 0.29) is 0 Å². The van der Waals surface area contributed by atoms with Gasteiger partial charge in [-0.05, 0) is 30.5 Å². The molecule has 0 N–H and O–H groups in total. The van der Waals surface area contributed by atoms with Gasteiger partial charge in [0.05, 0.1) is 6.26 Å². The molecule has 23 heavy (non-hydrogen) atoms. The summed E-state index contributed by atoms with van der Waals surface area (Å²) < 4.78 is 26.9. The molecule has 0 heterocycles. The second-order valence-corrected chi connectivity index (χ2v) is 7.94. The van der Waals surface area contributed by atoms with Crippen LogP contribution in [-0.4, -0.2) is 14.7 Å². The lowest BCUT2D eigenvalue weighted by molar-refractivity contribution is 0.493. The third-order valence-electron chi connectivity index (χ3n) is 3.99. The van der Waals surface area contributed by atoms with Crippen molar-refractivity contribution in [3.63, 3.8) is 0 Å². The molecule has 0 amide bonds. The molecule has 0 bridgehead atoms. The Balaban J connectivity index is 2.05. The van der Waals surface area contributed by atoms with Crippen LogP contribution in [0, 0.1) is 0 Å². The fourth-order valence-electron chi connectivity index (χ4n) is 2.70. The maximum Gasteiger partial charge on any atom is 0.306 e. The zero-order chi connectivity index (χ0) is 17.0. The van der Waals surface area contributed by atoms with Gasteiger partial charge in [0.2, 0.25) is 0 Å². The summed E-state index contributed by atoms with van der Waals surface area (Å²) in [6.07, 6.45) is 15.5. The highest BCUT2D eigenvalue weighted by atomic mass is 32.2. The molecule has 1 rings (SSSR count). The average molecular weight is 341 g/mol. The van der Waals surface area contributed by atoms with Crippen molar-refractivity contribution in [1.29, 1.82) is 0 Å². The molecule has 0 aliphatic heterocycles. The van der Waals surface area contributed by atoms with Gasteiger partial charge in [-0.3, -0.25) is 0 Å². The van der Waals surface area contributed by atoms with Gasteiger partial charge in [-0.2, -0.15) is 8.42 Å². The molecule has 0 aliphatic rings. The molecule has 0 atom stereocenters. The molecular formula is C19H32O3S. The van der Waals surface area contributed by atoms with Crippen molar-refractivity contribution < 1.29 is 12.6 Å². The molecule has 1 aromatic carbocycles. The van der Waals surface area contributed by atoms with E-state index >= 15 is 0 Å². The molecule has 132 valence electrons. The van der Waals surface area contributed by atoms with Gasteiger partial charge in [-0.1, -0.05) is 76.8 Å². The topological polar surface area (TPSA) is 43.4 Å². The molecule has 3 nitrogen and oxygen atoms in total. The Bertz CT molecular complexity index is 506. The minimum Gasteiger partial charge on any atom is -0.383 e. The summed E-state index contributed by atoms with van der Waals surface area (Å²) in [4.78, 5) is 0. The van der Waals surface area contributed by atoms with Gasteiger partial charge in [-0.25, -0.2) is 0 Å². The fraction of sp³-hybridized carbons (Fsp3) is 0.684. The Morgan fingerprint density at radius 3 is 1.74 bits per heavy atom. The highest BCUT2D eigenvalue weighted by molar-refractivity contribution is 7.86. The van der Waals surface area contributed by atoms with Crippen molar-refractivity contribution in [2.24, 2.45) is 0 Å². The van der Waals surface area contributed by atoms with Gasteiger partial charge in [-0.15, -0.1) is 0 Å². The Labute approximate surface area is 142 Å². The molecule has 0 saturated carbocycles. The van der Waals surface area contributed by atoms with Crippen molar-refractivity contribution >= 4 is 10.1 Å². The summed E-state index contributed by atoms with van der Waals surface area (Å²) in [7, 11) is -3.43. The van der Waals surface area contributed by atoms with Crippen molar-refractivity contribution in [3.8, 4) is 5.75 Å². The molecule has 0 aromatic heterocycles. The molecule has 1 aromatic rings. The van der Waals surface area contributed by atoms with E-state index in [0.717, 1.165) is 12.7 Å². The third kappa shape index (κ3) is 11.2. The zero-order valence-electron chi connectivity index (χ0n) is 14.7. The molecule has 0 aliphatic carbocycles. The summed E-state index contributed by atoms with van der Waals surface area (Å²) >= 11 is 0. The van der Waals surface area contributed by atoms with Crippen LogP contribution in [-0.2, 0) is 16.5 Å². The monoisotopic (exact) mass is 340 g/mol. The lowest BCUT2D eigenvalue weighted by atomic mass is 10.0. The largest absolute Gasteiger partial charge is 0.383 e.